The molecule has 4 rings (SSSR count). The largest absolute Gasteiger partial charge is 0.416 e. The van der Waals surface area contributed by atoms with Gasteiger partial charge in [-0.25, -0.2) is 0 Å². The highest BCUT2D eigenvalue weighted by Crippen LogP contribution is 2.32. The van der Waals surface area contributed by atoms with Crippen LogP contribution < -0.4 is 10.6 Å². The van der Waals surface area contributed by atoms with E-state index in [0.717, 1.165) is 27.9 Å². The molecule has 10 heteroatoms. The van der Waals surface area contributed by atoms with Gasteiger partial charge in [0.1, 0.15) is 0 Å². The maximum absolute atomic E-state index is 12.9. The summed E-state index contributed by atoms with van der Waals surface area (Å²) in [5, 5.41) is 6.90. The molecule has 1 aromatic heterocycles. The predicted octanol–water partition coefficient (Wildman–Crippen LogP) is 6.47. The first-order chi connectivity index (χ1) is 17.2. The number of nitrogens with zero attached hydrogens (tertiary/aromatic N) is 1. The van der Waals surface area contributed by atoms with E-state index < -0.39 is 17.6 Å². The Labute approximate surface area is 214 Å². The van der Waals surface area contributed by atoms with Crippen LogP contribution in [0.1, 0.15) is 15.9 Å². The molecule has 3 aromatic carbocycles. The van der Waals surface area contributed by atoms with Crippen LogP contribution in [0.3, 0.4) is 0 Å². The number of hydrogen-bond acceptors (Lipinski definition) is 3. The minimum Gasteiger partial charge on any atom is -0.350 e. The normalized spacial score (nSPS) is 11.4. The number of alkyl halides is 3. The van der Waals surface area contributed by atoms with Crippen LogP contribution in [0.2, 0.25) is 5.02 Å². The number of halogens is 4. The average Bonchev–Trinajstić information content (AvgIpc) is 3.20. The molecule has 186 valence electrons. The van der Waals surface area contributed by atoms with Crippen molar-refractivity contribution < 1.29 is 22.8 Å². The SMILES string of the molecule is O=C(CSc1cn(CCNC(=O)c2ccc(Cl)cc2)c2ccccc12)Nc1cccc(C(F)(F)F)c1. The monoisotopic (exact) mass is 531 g/mol. The quantitative estimate of drug-likeness (QED) is 0.256. The van der Waals surface area contributed by atoms with Crippen molar-refractivity contribution in [3.05, 3.63) is 95.1 Å². The Bertz CT molecular complexity index is 1390. The van der Waals surface area contributed by atoms with Crippen LogP contribution in [-0.4, -0.2) is 28.7 Å². The summed E-state index contributed by atoms with van der Waals surface area (Å²) in [6.45, 7) is 0.900. The molecule has 0 fully saturated rings. The van der Waals surface area contributed by atoms with Gasteiger partial charge < -0.3 is 15.2 Å². The number of nitrogens with one attached hydrogen (secondary N) is 2. The Morgan fingerprint density at radius 2 is 1.72 bits per heavy atom. The van der Waals surface area contributed by atoms with Crippen LogP contribution >= 0.6 is 23.4 Å². The summed E-state index contributed by atoms with van der Waals surface area (Å²) in [4.78, 5) is 25.6. The van der Waals surface area contributed by atoms with Gasteiger partial charge in [-0.1, -0.05) is 35.9 Å². The third kappa shape index (κ3) is 6.41. The van der Waals surface area contributed by atoms with Gasteiger partial charge >= 0.3 is 6.18 Å². The molecule has 0 bridgehead atoms. The summed E-state index contributed by atoms with van der Waals surface area (Å²) in [5.41, 5.74) is 0.729. The van der Waals surface area contributed by atoms with Crippen molar-refractivity contribution in [3.63, 3.8) is 0 Å². The number of benzene rings is 3. The van der Waals surface area contributed by atoms with Gasteiger partial charge in [-0.3, -0.25) is 9.59 Å². The van der Waals surface area contributed by atoms with Gasteiger partial charge in [0.2, 0.25) is 5.91 Å². The lowest BCUT2D eigenvalue weighted by Gasteiger charge is -2.09. The molecule has 0 radical (unpaired) electrons. The number of rotatable bonds is 8. The Kier molecular flexibility index (Phi) is 7.91. The summed E-state index contributed by atoms with van der Waals surface area (Å²) >= 11 is 7.15. The summed E-state index contributed by atoms with van der Waals surface area (Å²) in [5.74, 6) is -0.590. The van der Waals surface area contributed by atoms with E-state index >= 15 is 0 Å². The lowest BCUT2D eigenvalue weighted by molar-refractivity contribution is -0.137. The molecule has 1 heterocycles. The number of amides is 2. The van der Waals surface area contributed by atoms with Crippen molar-refractivity contribution in [2.24, 2.45) is 0 Å². The second kappa shape index (κ2) is 11.1. The van der Waals surface area contributed by atoms with Gasteiger partial charge in [0, 0.05) is 51.4 Å². The van der Waals surface area contributed by atoms with E-state index in [1.807, 2.05) is 35.0 Å². The molecule has 0 aliphatic carbocycles. The van der Waals surface area contributed by atoms with E-state index in [0.29, 0.717) is 23.7 Å². The van der Waals surface area contributed by atoms with E-state index in [-0.39, 0.29) is 17.3 Å². The van der Waals surface area contributed by atoms with E-state index in [1.54, 1.807) is 24.3 Å². The zero-order valence-corrected chi connectivity index (χ0v) is 20.4. The van der Waals surface area contributed by atoms with Gasteiger partial charge in [0.15, 0.2) is 0 Å². The highest BCUT2D eigenvalue weighted by molar-refractivity contribution is 8.00. The van der Waals surface area contributed by atoms with E-state index in [4.69, 9.17) is 11.6 Å². The first-order valence-corrected chi connectivity index (χ1v) is 12.3. The number of thioether (sulfide) groups is 1. The topological polar surface area (TPSA) is 63.1 Å². The maximum Gasteiger partial charge on any atom is 0.416 e. The molecule has 0 atom stereocenters. The fourth-order valence-corrected chi connectivity index (χ4v) is 4.63. The van der Waals surface area contributed by atoms with E-state index in [1.165, 1.54) is 23.9 Å². The van der Waals surface area contributed by atoms with Crippen molar-refractivity contribution in [1.29, 1.82) is 0 Å². The fraction of sp³-hybridized carbons (Fsp3) is 0.154. The Morgan fingerprint density at radius 1 is 0.972 bits per heavy atom. The van der Waals surface area contributed by atoms with Gasteiger partial charge in [-0.15, -0.1) is 11.8 Å². The Hall–Kier alpha value is -3.43. The van der Waals surface area contributed by atoms with Crippen LogP contribution in [0.4, 0.5) is 18.9 Å². The van der Waals surface area contributed by atoms with Crippen LogP contribution in [0.5, 0.6) is 0 Å². The number of carbonyl (C=O) groups is 2. The smallest absolute Gasteiger partial charge is 0.350 e. The van der Waals surface area contributed by atoms with Crippen LogP contribution in [0, 0.1) is 0 Å². The fourth-order valence-electron chi connectivity index (χ4n) is 3.62. The maximum atomic E-state index is 12.9. The second-order valence-corrected chi connectivity index (χ2v) is 9.34. The second-order valence-electron chi connectivity index (χ2n) is 7.88. The highest BCUT2D eigenvalue weighted by Gasteiger charge is 2.30. The first kappa shape index (κ1) is 25.7. The zero-order valence-electron chi connectivity index (χ0n) is 18.8. The molecule has 0 spiro atoms. The number of fused-ring (bicyclic) bond motifs is 1. The van der Waals surface area contributed by atoms with Gasteiger partial charge in [-0.2, -0.15) is 13.2 Å². The molecule has 0 unspecified atom stereocenters. The lowest BCUT2D eigenvalue weighted by atomic mass is 10.2. The molecular formula is C26H21ClF3N3O2S. The number of anilines is 1. The number of hydrogen-bond donors (Lipinski definition) is 2. The highest BCUT2D eigenvalue weighted by atomic mass is 35.5. The molecule has 0 saturated heterocycles. The predicted molar refractivity (Wildman–Crippen MR) is 137 cm³/mol. The zero-order chi connectivity index (χ0) is 25.7. The van der Waals surface area contributed by atoms with E-state index in [2.05, 4.69) is 10.6 Å². The molecule has 2 amide bonds. The molecule has 4 aromatic rings. The standard InChI is InChI=1S/C26H21ClF3N3O2S/c27-19-10-8-17(9-11-19)25(35)31-12-13-33-15-23(21-6-1-2-7-22(21)33)36-16-24(34)32-20-5-3-4-18(14-20)26(28,29)30/h1-11,14-15H,12-13,16H2,(H,31,35)(H,32,34). The van der Waals surface area contributed by atoms with Gasteiger partial charge in [0.05, 0.1) is 11.3 Å². The molecular weight excluding hydrogens is 511 g/mol. The molecule has 0 aliphatic rings. The van der Waals surface area contributed by atoms with Crippen LogP contribution in [0.15, 0.2) is 83.9 Å². The van der Waals surface area contributed by atoms with Crippen molar-refractivity contribution in [2.45, 2.75) is 17.6 Å². The number of carbonyl (C=O) groups excluding carboxylic acids is 2. The Morgan fingerprint density at radius 3 is 2.47 bits per heavy atom. The van der Waals surface area contributed by atoms with Crippen molar-refractivity contribution in [1.82, 2.24) is 9.88 Å². The minimum atomic E-state index is -4.48. The van der Waals surface area contributed by atoms with Gasteiger partial charge in [0.25, 0.3) is 5.91 Å². The summed E-state index contributed by atoms with van der Waals surface area (Å²) in [7, 11) is 0. The molecule has 36 heavy (non-hydrogen) atoms. The molecule has 0 aliphatic heterocycles. The molecule has 0 saturated carbocycles. The van der Waals surface area contributed by atoms with Crippen molar-refractivity contribution in [2.75, 3.05) is 17.6 Å². The third-order valence-corrected chi connectivity index (χ3v) is 6.62. The van der Waals surface area contributed by atoms with E-state index in [9.17, 15) is 22.8 Å². The molecule has 5 nitrogen and oxygen atoms in total. The molecule has 2 N–H and O–H groups in total. The number of para-hydroxylation sites is 1. The summed E-state index contributed by atoms with van der Waals surface area (Å²) < 4.78 is 40.7. The van der Waals surface area contributed by atoms with Crippen LogP contribution in [0.25, 0.3) is 10.9 Å². The summed E-state index contributed by atoms with van der Waals surface area (Å²) in [6, 6.07) is 18.8. The van der Waals surface area contributed by atoms with Crippen LogP contribution in [-0.2, 0) is 17.5 Å². The van der Waals surface area contributed by atoms with Crippen molar-refractivity contribution in [3.8, 4) is 0 Å². The first-order valence-electron chi connectivity index (χ1n) is 10.9. The van der Waals surface area contributed by atoms with Crippen molar-refractivity contribution >= 4 is 51.8 Å². The Balaban J connectivity index is 1.38. The summed E-state index contributed by atoms with van der Waals surface area (Å²) in [6.07, 6.45) is -2.58. The average molecular weight is 532 g/mol. The van der Waals surface area contributed by atoms with Gasteiger partial charge in [-0.05, 0) is 48.5 Å². The third-order valence-electron chi connectivity index (χ3n) is 5.33. The number of aromatic nitrogens is 1. The lowest BCUT2D eigenvalue weighted by Crippen LogP contribution is -2.27. The minimum absolute atomic E-state index is 0.0254.